The van der Waals surface area contributed by atoms with Gasteiger partial charge in [-0.05, 0) is 37.0 Å². The normalized spacial score (nSPS) is 29.6. The average molecular weight is 240 g/mol. The largest absolute Gasteiger partial charge is 0.385 e. The van der Waals surface area contributed by atoms with Crippen LogP contribution in [0.4, 0.5) is 0 Å². The van der Waals surface area contributed by atoms with Crippen LogP contribution in [0.5, 0.6) is 0 Å². The van der Waals surface area contributed by atoms with Gasteiger partial charge in [0.2, 0.25) is 0 Å². The predicted molar refractivity (Wildman–Crippen MR) is 71.0 cm³/mol. The van der Waals surface area contributed by atoms with Crippen molar-refractivity contribution >= 4 is 5.78 Å². The maximum Gasteiger partial charge on any atom is 0.136 e. The number of hydrogen-bond acceptors (Lipinski definition) is 2. The second kappa shape index (κ2) is 7.15. The zero-order valence-electron chi connectivity index (χ0n) is 11.9. The molecule has 1 saturated carbocycles. The van der Waals surface area contributed by atoms with E-state index in [2.05, 4.69) is 20.8 Å². The maximum absolute atomic E-state index is 12.3. The average Bonchev–Trinajstić information content (AvgIpc) is 2.28. The van der Waals surface area contributed by atoms with Crippen LogP contribution in [0.15, 0.2) is 0 Å². The molecule has 0 bridgehead atoms. The van der Waals surface area contributed by atoms with Gasteiger partial charge in [0.05, 0.1) is 0 Å². The molecule has 3 atom stereocenters. The van der Waals surface area contributed by atoms with Crippen molar-refractivity contribution in [3.8, 4) is 0 Å². The lowest BCUT2D eigenvalue weighted by atomic mass is 9.68. The lowest BCUT2D eigenvalue weighted by molar-refractivity contribution is -0.127. The van der Waals surface area contributed by atoms with Crippen molar-refractivity contribution in [2.45, 2.75) is 52.9 Å². The first-order valence-electron chi connectivity index (χ1n) is 7.07. The van der Waals surface area contributed by atoms with Crippen LogP contribution in [0.25, 0.3) is 0 Å². The third kappa shape index (κ3) is 4.42. The summed E-state index contributed by atoms with van der Waals surface area (Å²) in [6.45, 7) is 7.51. The fourth-order valence-electron chi connectivity index (χ4n) is 3.15. The molecule has 0 aliphatic heterocycles. The first kappa shape index (κ1) is 14.7. The minimum Gasteiger partial charge on any atom is -0.385 e. The first-order valence-corrected chi connectivity index (χ1v) is 7.07. The van der Waals surface area contributed by atoms with Gasteiger partial charge in [-0.25, -0.2) is 0 Å². The predicted octanol–water partition coefficient (Wildman–Crippen LogP) is 3.69. The highest BCUT2D eigenvalue weighted by Gasteiger charge is 2.34. The van der Waals surface area contributed by atoms with E-state index in [1.807, 2.05) is 0 Å². The molecule has 0 radical (unpaired) electrons. The Labute approximate surface area is 106 Å². The molecular weight excluding hydrogens is 212 g/mol. The molecule has 100 valence electrons. The van der Waals surface area contributed by atoms with Crippen molar-refractivity contribution in [3.05, 3.63) is 0 Å². The molecule has 0 N–H and O–H groups in total. The molecule has 17 heavy (non-hydrogen) atoms. The molecule has 1 unspecified atom stereocenters. The SMILES string of the molecule is COCCCC(=O)C1C[C@H](C)CC[C@H]1C(C)C. The summed E-state index contributed by atoms with van der Waals surface area (Å²) in [5, 5.41) is 0. The lowest BCUT2D eigenvalue weighted by Gasteiger charge is -2.36. The molecule has 0 heterocycles. The van der Waals surface area contributed by atoms with Crippen LogP contribution in [0.2, 0.25) is 0 Å². The Bertz CT molecular complexity index is 235. The van der Waals surface area contributed by atoms with Gasteiger partial charge in [-0.3, -0.25) is 4.79 Å². The Morgan fingerprint density at radius 3 is 2.65 bits per heavy atom. The monoisotopic (exact) mass is 240 g/mol. The maximum atomic E-state index is 12.3. The van der Waals surface area contributed by atoms with E-state index < -0.39 is 0 Å². The van der Waals surface area contributed by atoms with Gasteiger partial charge >= 0.3 is 0 Å². The van der Waals surface area contributed by atoms with E-state index in [9.17, 15) is 4.79 Å². The number of Topliss-reactive ketones (excluding diaryl/α,β-unsaturated/α-hetero) is 1. The molecule has 0 aromatic rings. The minimum absolute atomic E-state index is 0.315. The molecule has 1 rings (SSSR count). The van der Waals surface area contributed by atoms with Crippen molar-refractivity contribution in [1.82, 2.24) is 0 Å². The number of ketones is 1. The molecule has 0 spiro atoms. The van der Waals surface area contributed by atoms with Crippen LogP contribution in [0.1, 0.15) is 52.9 Å². The summed E-state index contributed by atoms with van der Waals surface area (Å²) >= 11 is 0. The standard InChI is InChI=1S/C15H28O2/c1-11(2)13-8-7-12(3)10-14(13)15(16)6-5-9-17-4/h11-14H,5-10H2,1-4H3/t12-,13+,14?/m1/s1. The Morgan fingerprint density at radius 2 is 2.06 bits per heavy atom. The molecule has 2 heteroatoms. The third-order valence-corrected chi connectivity index (χ3v) is 4.21. The van der Waals surface area contributed by atoms with Gasteiger partial charge in [-0.2, -0.15) is 0 Å². The highest BCUT2D eigenvalue weighted by atomic mass is 16.5. The summed E-state index contributed by atoms with van der Waals surface area (Å²) in [6.07, 6.45) is 5.22. The van der Waals surface area contributed by atoms with Crippen molar-refractivity contribution in [2.75, 3.05) is 13.7 Å². The Kier molecular flexibility index (Phi) is 6.18. The fourth-order valence-corrected chi connectivity index (χ4v) is 3.15. The highest BCUT2D eigenvalue weighted by Crippen LogP contribution is 2.39. The van der Waals surface area contributed by atoms with E-state index in [1.165, 1.54) is 12.8 Å². The van der Waals surface area contributed by atoms with Gasteiger partial charge in [0.15, 0.2) is 0 Å². The second-order valence-electron chi connectivity index (χ2n) is 6.00. The summed E-state index contributed by atoms with van der Waals surface area (Å²) in [5.74, 6) is 2.77. The van der Waals surface area contributed by atoms with Crippen LogP contribution in [0, 0.1) is 23.7 Å². The fraction of sp³-hybridized carbons (Fsp3) is 0.933. The van der Waals surface area contributed by atoms with Crippen molar-refractivity contribution in [3.63, 3.8) is 0 Å². The molecule has 1 aliphatic carbocycles. The summed E-state index contributed by atoms with van der Waals surface area (Å²) in [7, 11) is 1.70. The van der Waals surface area contributed by atoms with E-state index in [4.69, 9.17) is 4.74 Å². The Morgan fingerprint density at radius 1 is 1.35 bits per heavy atom. The van der Waals surface area contributed by atoms with Crippen molar-refractivity contribution in [1.29, 1.82) is 0 Å². The van der Waals surface area contributed by atoms with E-state index >= 15 is 0 Å². The van der Waals surface area contributed by atoms with Gasteiger partial charge in [-0.1, -0.05) is 27.2 Å². The topological polar surface area (TPSA) is 26.3 Å². The third-order valence-electron chi connectivity index (χ3n) is 4.21. The van der Waals surface area contributed by atoms with Crippen LogP contribution >= 0.6 is 0 Å². The Balaban J connectivity index is 2.53. The number of ether oxygens (including phenoxy) is 1. The zero-order chi connectivity index (χ0) is 12.8. The molecule has 1 aliphatic rings. The molecule has 0 aromatic carbocycles. The van der Waals surface area contributed by atoms with E-state index in [-0.39, 0.29) is 0 Å². The number of carbonyl (C=O) groups is 1. The quantitative estimate of drug-likeness (QED) is 0.662. The molecule has 1 fully saturated rings. The molecule has 0 saturated heterocycles. The van der Waals surface area contributed by atoms with E-state index in [1.54, 1.807) is 7.11 Å². The Hall–Kier alpha value is -0.370. The smallest absolute Gasteiger partial charge is 0.136 e. The van der Waals surface area contributed by atoms with E-state index in [0.29, 0.717) is 36.6 Å². The van der Waals surface area contributed by atoms with Gasteiger partial charge < -0.3 is 4.74 Å². The van der Waals surface area contributed by atoms with Gasteiger partial charge in [0.1, 0.15) is 5.78 Å². The number of hydrogen-bond donors (Lipinski definition) is 0. The van der Waals surface area contributed by atoms with Gasteiger partial charge in [-0.15, -0.1) is 0 Å². The van der Waals surface area contributed by atoms with E-state index in [0.717, 1.165) is 18.8 Å². The lowest BCUT2D eigenvalue weighted by Crippen LogP contribution is -2.33. The van der Waals surface area contributed by atoms with Crippen LogP contribution in [-0.4, -0.2) is 19.5 Å². The van der Waals surface area contributed by atoms with Crippen LogP contribution in [0.3, 0.4) is 0 Å². The van der Waals surface area contributed by atoms with Crippen LogP contribution < -0.4 is 0 Å². The summed E-state index contributed by atoms with van der Waals surface area (Å²) in [5.41, 5.74) is 0. The first-order chi connectivity index (χ1) is 8.06. The molecule has 2 nitrogen and oxygen atoms in total. The highest BCUT2D eigenvalue weighted by molar-refractivity contribution is 5.81. The molecule has 0 amide bonds. The molecule has 0 aromatic heterocycles. The zero-order valence-corrected chi connectivity index (χ0v) is 11.9. The summed E-state index contributed by atoms with van der Waals surface area (Å²) in [4.78, 5) is 12.3. The van der Waals surface area contributed by atoms with Crippen molar-refractivity contribution in [2.24, 2.45) is 23.7 Å². The van der Waals surface area contributed by atoms with Crippen LogP contribution in [-0.2, 0) is 9.53 Å². The van der Waals surface area contributed by atoms with Gasteiger partial charge in [0, 0.05) is 26.1 Å². The number of rotatable bonds is 6. The van der Waals surface area contributed by atoms with Gasteiger partial charge in [0.25, 0.3) is 0 Å². The minimum atomic E-state index is 0.315. The summed E-state index contributed by atoms with van der Waals surface area (Å²) < 4.78 is 5.02. The number of methoxy groups -OCH3 is 1. The molecular formula is C15H28O2. The number of carbonyl (C=O) groups excluding carboxylic acids is 1. The second-order valence-corrected chi connectivity index (χ2v) is 6.00. The van der Waals surface area contributed by atoms with Crippen molar-refractivity contribution < 1.29 is 9.53 Å². The summed E-state index contributed by atoms with van der Waals surface area (Å²) in [6, 6.07) is 0.